The Bertz CT molecular complexity index is 561. The molecule has 140 valence electrons. The predicted octanol–water partition coefficient (Wildman–Crippen LogP) is 6.14. The van der Waals surface area contributed by atoms with E-state index in [1.54, 1.807) is 23.3 Å². The van der Waals surface area contributed by atoms with E-state index in [-0.39, 0.29) is 39.7 Å². The van der Waals surface area contributed by atoms with Crippen molar-refractivity contribution >= 4 is 31.7 Å². The molecule has 3 aliphatic carbocycles. The topological polar surface area (TPSA) is 0 Å². The van der Waals surface area contributed by atoms with E-state index >= 15 is 0 Å². The van der Waals surface area contributed by atoms with Gasteiger partial charge >= 0.3 is 30.2 Å². The molecule has 0 fully saturated rings. The van der Waals surface area contributed by atoms with E-state index in [1.165, 1.54) is 16.7 Å². The quantitative estimate of drug-likeness (QED) is 0.319. The summed E-state index contributed by atoms with van der Waals surface area (Å²) in [6.45, 7) is 8.66. The van der Waals surface area contributed by atoms with Gasteiger partial charge < -0.3 is 14.9 Å². The van der Waals surface area contributed by atoms with Crippen LogP contribution >= 0.6 is 24.8 Å². The first-order valence-corrected chi connectivity index (χ1v) is 13.0. The van der Waals surface area contributed by atoms with Gasteiger partial charge in [-0.05, 0) is 5.41 Å². The van der Waals surface area contributed by atoms with Crippen LogP contribution in [0, 0.1) is 32.4 Å². The van der Waals surface area contributed by atoms with Gasteiger partial charge in [-0.1, -0.05) is 32.9 Å². The van der Waals surface area contributed by atoms with Crippen LogP contribution in [0.2, 0.25) is 0 Å². The molecule has 0 aromatic carbocycles. The fraction of sp³-hybridized carbons (Fsp3) is 0.238. The first-order valence-electron chi connectivity index (χ1n) is 7.04. The van der Waals surface area contributed by atoms with E-state index in [0.29, 0.717) is 5.41 Å². The van der Waals surface area contributed by atoms with Crippen molar-refractivity contribution in [1.29, 1.82) is 0 Å². The molecule has 0 amide bonds. The van der Waals surface area contributed by atoms with Crippen LogP contribution in [0.1, 0.15) is 27.2 Å². The fourth-order valence-corrected chi connectivity index (χ4v) is 1.96. The number of fused-ring (bicyclic) bond motifs is 1. The molecule has 3 aliphatic rings. The summed E-state index contributed by atoms with van der Waals surface area (Å²) in [4.78, 5) is 0. The van der Waals surface area contributed by atoms with E-state index in [4.69, 9.17) is 0 Å². The van der Waals surface area contributed by atoms with Crippen molar-refractivity contribution in [2.45, 2.75) is 27.2 Å². The molecule has 0 aromatic heterocycles. The maximum atomic E-state index is 3.16. The Hall–Kier alpha value is -0.140. The van der Waals surface area contributed by atoms with Gasteiger partial charge in [-0.15, -0.1) is 61.1 Å². The summed E-state index contributed by atoms with van der Waals surface area (Å²) in [6.07, 6.45) is 8.37. The number of hydrogen-bond acceptors (Lipinski definition) is 0. The average Bonchev–Trinajstić information content (AvgIpc) is 3.10. The molecule has 0 aromatic rings. The molecule has 0 unspecified atom stereocenters. The molecule has 0 saturated heterocycles. The van der Waals surface area contributed by atoms with Crippen molar-refractivity contribution in [3.05, 3.63) is 87.2 Å². The van der Waals surface area contributed by atoms with Gasteiger partial charge in [0.05, 0.1) is 0 Å². The number of hydrogen-bond donors (Lipinski definition) is 0. The van der Waals surface area contributed by atoms with Gasteiger partial charge in [0.2, 0.25) is 0 Å². The second-order valence-corrected chi connectivity index (χ2v) is 5.75. The number of rotatable bonds is 0. The summed E-state index contributed by atoms with van der Waals surface area (Å²) >= 11 is 1.58. The summed E-state index contributed by atoms with van der Waals surface area (Å²) < 4.78 is 0. The Kier molecular flexibility index (Phi) is 22.5. The van der Waals surface area contributed by atoms with Crippen LogP contribution in [0.3, 0.4) is 0 Å². The second kappa shape index (κ2) is 17.3. The normalized spacial score (nSPS) is 10.7. The van der Waals surface area contributed by atoms with Crippen LogP contribution < -0.4 is 0 Å². The van der Waals surface area contributed by atoms with Crippen molar-refractivity contribution in [2.75, 3.05) is 0 Å². The minimum absolute atomic E-state index is 0. The summed E-state index contributed by atoms with van der Waals surface area (Å²) in [7, 11) is 0. The van der Waals surface area contributed by atoms with Gasteiger partial charge in [-0.3, -0.25) is 6.08 Å². The molecule has 25 heavy (non-hydrogen) atoms. The fourth-order valence-electron chi connectivity index (χ4n) is 1.96. The van der Waals surface area contributed by atoms with Crippen LogP contribution in [0.15, 0.2) is 60.2 Å². The monoisotopic (exact) mass is 470 g/mol. The van der Waals surface area contributed by atoms with E-state index in [1.807, 2.05) is 37.2 Å². The Morgan fingerprint density at radius 1 is 0.960 bits per heavy atom. The first-order chi connectivity index (χ1) is 10.1. The zero-order chi connectivity index (χ0) is 15.7. The van der Waals surface area contributed by atoms with Crippen LogP contribution in [0.25, 0.3) is 11.1 Å². The minimum Gasteiger partial charge on any atom is -0.168 e. The third-order valence-electron chi connectivity index (χ3n) is 3.23. The molecule has 0 atom stereocenters. The predicted molar refractivity (Wildman–Crippen MR) is 118 cm³/mol. The zero-order valence-corrected chi connectivity index (χ0v) is 21.4. The van der Waals surface area contributed by atoms with Crippen LogP contribution in [0.5, 0.6) is 0 Å². The van der Waals surface area contributed by atoms with Gasteiger partial charge in [0.15, 0.2) is 0 Å². The Labute approximate surface area is 184 Å². The largest absolute Gasteiger partial charge is 0.168 e. The zero-order valence-electron chi connectivity index (χ0n) is 15.9. The molecule has 0 radical (unpaired) electrons. The van der Waals surface area contributed by atoms with E-state index < -0.39 is 0 Å². The summed E-state index contributed by atoms with van der Waals surface area (Å²) in [5.41, 5.74) is 4.28. The van der Waals surface area contributed by atoms with E-state index in [9.17, 15) is 0 Å². The van der Waals surface area contributed by atoms with Crippen molar-refractivity contribution in [1.82, 2.24) is 0 Å². The van der Waals surface area contributed by atoms with Crippen LogP contribution in [0.4, 0.5) is 0 Å². The molecule has 0 saturated carbocycles. The Morgan fingerprint density at radius 2 is 1.56 bits per heavy atom. The molecule has 0 bridgehead atoms. The molecule has 0 aliphatic heterocycles. The molecule has 0 nitrogen and oxygen atoms in total. The van der Waals surface area contributed by atoms with Gasteiger partial charge in [0.1, 0.15) is 0 Å². The summed E-state index contributed by atoms with van der Waals surface area (Å²) in [5, 5.41) is 0. The van der Waals surface area contributed by atoms with Gasteiger partial charge in [0.25, 0.3) is 0 Å². The molecule has 0 heterocycles. The molecule has 4 heteroatoms. The Morgan fingerprint density at radius 3 is 2.04 bits per heavy atom. The molecule has 0 spiro atoms. The molecule has 0 N–H and O–H groups in total. The van der Waals surface area contributed by atoms with Crippen molar-refractivity contribution in [2.24, 2.45) is 5.41 Å². The van der Waals surface area contributed by atoms with Crippen LogP contribution in [-0.2, 0) is 23.3 Å². The SMILES string of the molecule is CC(C)(C)C1=CC=[C-]C1.Cl.Cl.[CH3-].[CH3-].[SiH2]=[Zr].[c-]1ccc2cccccc1-2. The molecular formula is C21H30Cl2SiZr-4. The summed E-state index contributed by atoms with van der Waals surface area (Å²) in [5.74, 6) is 0. The smallest absolute Gasteiger partial charge is 0.0723 e. The van der Waals surface area contributed by atoms with Crippen molar-refractivity contribution in [3.8, 4) is 11.1 Å². The third-order valence-corrected chi connectivity index (χ3v) is 3.23. The Balaban J connectivity index is -0.000000141. The van der Waals surface area contributed by atoms with Gasteiger partial charge in [-0.2, -0.15) is 23.3 Å². The number of allylic oxidation sites excluding steroid dienone is 4. The average molecular weight is 473 g/mol. The summed E-state index contributed by atoms with van der Waals surface area (Å²) in [6, 6.07) is 17.4. The van der Waals surface area contributed by atoms with E-state index in [2.05, 4.69) is 57.2 Å². The first kappa shape index (κ1) is 32.5. The van der Waals surface area contributed by atoms with E-state index in [0.717, 1.165) is 6.42 Å². The maximum absolute atomic E-state index is 3.16. The third kappa shape index (κ3) is 12.0. The van der Waals surface area contributed by atoms with Gasteiger partial charge in [-0.25, -0.2) is 12.2 Å². The van der Waals surface area contributed by atoms with Crippen molar-refractivity contribution < 1.29 is 23.3 Å². The minimum atomic E-state index is 0. The standard InChI is InChI=1S/C10H7.C9H13.2CH3.2ClH.H2Si.Zr/c1-2-5-9-7-4-8-10(9)6-3-1;1-9(2,3)8-6-4-5-7-8;;;;;;/h1-7H;4,6H,7H2,1-3H3;2*1H3;2*1H;1H2;/q4*-1;;;;. The van der Waals surface area contributed by atoms with Crippen LogP contribution in [-0.4, -0.2) is 6.88 Å². The molecule has 3 rings (SSSR count). The van der Waals surface area contributed by atoms with Gasteiger partial charge in [0, 0.05) is 0 Å². The number of halogens is 2. The van der Waals surface area contributed by atoms with Crippen molar-refractivity contribution in [3.63, 3.8) is 0 Å². The molecular weight excluding hydrogens is 442 g/mol. The maximum Gasteiger partial charge on any atom is -0.0723 e. The second-order valence-electron chi connectivity index (χ2n) is 5.75.